The lowest BCUT2D eigenvalue weighted by atomic mass is 10.0. The van der Waals surface area contributed by atoms with Gasteiger partial charge in [0.05, 0.1) is 18.6 Å². The van der Waals surface area contributed by atoms with Crippen LogP contribution in [0.15, 0.2) is 48.5 Å². The number of ether oxygens (including phenoxy) is 1. The van der Waals surface area contributed by atoms with Gasteiger partial charge in [-0.3, -0.25) is 4.79 Å². The molecule has 2 aromatic rings. The maximum Gasteiger partial charge on any atom is 0.244 e. The van der Waals surface area contributed by atoms with Crippen molar-refractivity contribution in [1.82, 2.24) is 4.90 Å². The van der Waals surface area contributed by atoms with Crippen molar-refractivity contribution in [2.24, 2.45) is 0 Å². The zero-order valence-corrected chi connectivity index (χ0v) is 17.9. The minimum absolute atomic E-state index is 0.0473. The van der Waals surface area contributed by atoms with E-state index < -0.39 is 15.9 Å². The van der Waals surface area contributed by atoms with Gasteiger partial charge in [-0.1, -0.05) is 30.3 Å². The number of anilines is 1. The minimum atomic E-state index is -3.03. The van der Waals surface area contributed by atoms with Crippen molar-refractivity contribution in [3.8, 4) is 5.75 Å². The van der Waals surface area contributed by atoms with Gasteiger partial charge >= 0.3 is 0 Å². The van der Waals surface area contributed by atoms with Gasteiger partial charge in [-0.25, -0.2) is 8.42 Å². The SMILES string of the molecule is COc1ccc(N[C@@H](C)C(=O)N(C)[C@H]2CCS(=O)(=O)C2)cc1Cc1ccccc1. The summed E-state index contributed by atoms with van der Waals surface area (Å²) in [7, 11) is 0.298. The van der Waals surface area contributed by atoms with E-state index in [4.69, 9.17) is 4.74 Å². The van der Waals surface area contributed by atoms with E-state index in [1.165, 1.54) is 5.56 Å². The van der Waals surface area contributed by atoms with E-state index in [1.807, 2.05) is 36.4 Å². The fraction of sp³-hybridized carbons (Fsp3) is 0.409. The molecule has 1 fully saturated rings. The zero-order chi connectivity index (χ0) is 21.0. The molecule has 0 unspecified atom stereocenters. The van der Waals surface area contributed by atoms with E-state index in [2.05, 4.69) is 17.4 Å². The van der Waals surface area contributed by atoms with Crippen LogP contribution in [0.4, 0.5) is 5.69 Å². The first-order valence-electron chi connectivity index (χ1n) is 9.73. The van der Waals surface area contributed by atoms with Crippen molar-refractivity contribution in [3.05, 3.63) is 59.7 Å². The summed E-state index contributed by atoms with van der Waals surface area (Å²) in [5.41, 5.74) is 3.03. The highest BCUT2D eigenvalue weighted by Crippen LogP contribution is 2.26. The van der Waals surface area contributed by atoms with Crippen molar-refractivity contribution in [2.75, 3.05) is 31.0 Å². The Kier molecular flexibility index (Phi) is 6.47. The Morgan fingerprint density at radius 2 is 1.97 bits per heavy atom. The molecule has 0 bridgehead atoms. The number of carbonyl (C=O) groups is 1. The molecule has 1 aliphatic heterocycles. The molecule has 0 spiro atoms. The molecular formula is C22H28N2O4S. The minimum Gasteiger partial charge on any atom is -0.496 e. The molecule has 0 radical (unpaired) electrons. The molecule has 29 heavy (non-hydrogen) atoms. The molecule has 6 nitrogen and oxygen atoms in total. The maximum absolute atomic E-state index is 12.8. The molecule has 1 heterocycles. The van der Waals surface area contributed by atoms with E-state index in [0.29, 0.717) is 6.42 Å². The van der Waals surface area contributed by atoms with Gasteiger partial charge in [-0.05, 0) is 37.1 Å². The molecule has 3 rings (SSSR count). The summed E-state index contributed by atoms with van der Waals surface area (Å²) in [6.45, 7) is 1.80. The van der Waals surface area contributed by atoms with Crippen molar-refractivity contribution in [2.45, 2.75) is 31.8 Å². The van der Waals surface area contributed by atoms with Gasteiger partial charge in [-0.15, -0.1) is 0 Å². The Labute approximate surface area is 172 Å². The molecule has 2 aromatic carbocycles. The van der Waals surface area contributed by atoms with E-state index in [0.717, 1.165) is 23.4 Å². The summed E-state index contributed by atoms with van der Waals surface area (Å²) in [4.78, 5) is 14.4. The van der Waals surface area contributed by atoms with E-state index in [-0.39, 0.29) is 23.5 Å². The molecule has 2 atom stereocenters. The van der Waals surface area contributed by atoms with E-state index in [1.54, 1.807) is 26.0 Å². The largest absolute Gasteiger partial charge is 0.496 e. The average molecular weight is 417 g/mol. The van der Waals surface area contributed by atoms with Crippen LogP contribution in [0.2, 0.25) is 0 Å². The van der Waals surface area contributed by atoms with Crippen molar-refractivity contribution in [1.29, 1.82) is 0 Å². The third-order valence-electron chi connectivity index (χ3n) is 5.38. The first-order valence-corrected chi connectivity index (χ1v) is 11.6. The first-order chi connectivity index (χ1) is 13.8. The van der Waals surface area contributed by atoms with Gasteiger partial charge in [0.15, 0.2) is 9.84 Å². The number of sulfone groups is 1. The van der Waals surface area contributed by atoms with Crippen LogP contribution < -0.4 is 10.1 Å². The topological polar surface area (TPSA) is 75.7 Å². The Hall–Kier alpha value is -2.54. The molecule has 1 aliphatic rings. The van der Waals surface area contributed by atoms with E-state index in [9.17, 15) is 13.2 Å². The lowest BCUT2D eigenvalue weighted by Crippen LogP contribution is -2.45. The molecule has 1 saturated heterocycles. The predicted octanol–water partition coefficient (Wildman–Crippen LogP) is 2.73. The lowest BCUT2D eigenvalue weighted by Gasteiger charge is -2.27. The third-order valence-corrected chi connectivity index (χ3v) is 7.13. The van der Waals surface area contributed by atoms with Crippen molar-refractivity contribution < 1.29 is 17.9 Å². The fourth-order valence-corrected chi connectivity index (χ4v) is 5.47. The Morgan fingerprint density at radius 3 is 2.59 bits per heavy atom. The van der Waals surface area contributed by atoms with Crippen molar-refractivity contribution >= 4 is 21.4 Å². The number of nitrogens with zero attached hydrogens (tertiary/aromatic N) is 1. The number of methoxy groups -OCH3 is 1. The van der Waals surface area contributed by atoms with Gasteiger partial charge in [0, 0.05) is 30.8 Å². The van der Waals surface area contributed by atoms with Crippen LogP contribution in [0.1, 0.15) is 24.5 Å². The highest BCUT2D eigenvalue weighted by atomic mass is 32.2. The number of benzene rings is 2. The summed E-state index contributed by atoms with van der Waals surface area (Å²) in [6.07, 6.45) is 1.22. The average Bonchev–Trinajstić information content (AvgIpc) is 3.07. The van der Waals surface area contributed by atoms with Gasteiger partial charge < -0.3 is 15.0 Å². The molecule has 156 valence electrons. The van der Waals surface area contributed by atoms with Gasteiger partial charge in [0.2, 0.25) is 5.91 Å². The molecule has 0 saturated carbocycles. The standard InChI is InChI=1S/C22H28N2O4S/c1-16(22(25)24(2)20-11-12-29(26,27)15-20)23-19-9-10-21(28-3)18(14-19)13-17-7-5-4-6-8-17/h4-10,14,16,20,23H,11-13,15H2,1-3H3/t16-,20-/m0/s1. The summed E-state index contributed by atoms with van der Waals surface area (Å²) in [5, 5.41) is 3.25. The summed E-state index contributed by atoms with van der Waals surface area (Å²) < 4.78 is 28.9. The van der Waals surface area contributed by atoms with Gasteiger partial charge in [0.1, 0.15) is 11.8 Å². The number of carbonyl (C=O) groups excluding carboxylic acids is 1. The van der Waals surface area contributed by atoms with E-state index >= 15 is 0 Å². The van der Waals surface area contributed by atoms with Crippen LogP contribution in [0.5, 0.6) is 5.75 Å². The highest BCUT2D eigenvalue weighted by molar-refractivity contribution is 7.91. The number of hydrogen-bond donors (Lipinski definition) is 1. The predicted molar refractivity (Wildman–Crippen MR) is 115 cm³/mol. The van der Waals surface area contributed by atoms with Crippen LogP contribution in [0.25, 0.3) is 0 Å². The Morgan fingerprint density at radius 1 is 1.24 bits per heavy atom. The summed E-state index contributed by atoms with van der Waals surface area (Å²) in [5.74, 6) is 0.878. The quantitative estimate of drug-likeness (QED) is 0.751. The maximum atomic E-state index is 12.8. The lowest BCUT2D eigenvalue weighted by molar-refractivity contribution is -0.132. The Bertz CT molecular complexity index is 960. The third kappa shape index (κ3) is 5.29. The zero-order valence-electron chi connectivity index (χ0n) is 17.1. The molecule has 1 amide bonds. The molecule has 7 heteroatoms. The first kappa shape index (κ1) is 21.2. The number of likely N-dealkylation sites (N-methyl/N-ethyl adjacent to an activating group) is 1. The van der Waals surface area contributed by atoms with Gasteiger partial charge in [0.25, 0.3) is 0 Å². The monoisotopic (exact) mass is 416 g/mol. The van der Waals surface area contributed by atoms with Crippen LogP contribution in [-0.4, -0.2) is 57.0 Å². The number of rotatable bonds is 7. The van der Waals surface area contributed by atoms with Crippen LogP contribution in [0.3, 0.4) is 0 Å². The highest BCUT2D eigenvalue weighted by Gasteiger charge is 2.34. The van der Waals surface area contributed by atoms with Crippen LogP contribution in [-0.2, 0) is 21.1 Å². The molecule has 0 aliphatic carbocycles. The van der Waals surface area contributed by atoms with Crippen LogP contribution in [0, 0.1) is 0 Å². The second-order valence-corrected chi connectivity index (χ2v) is 9.79. The molecule has 1 N–H and O–H groups in total. The molecule has 0 aromatic heterocycles. The van der Waals surface area contributed by atoms with Crippen molar-refractivity contribution in [3.63, 3.8) is 0 Å². The summed E-state index contributed by atoms with van der Waals surface area (Å²) >= 11 is 0. The summed E-state index contributed by atoms with van der Waals surface area (Å²) in [6, 6.07) is 15.2. The smallest absolute Gasteiger partial charge is 0.244 e. The number of amides is 1. The second kappa shape index (κ2) is 8.86. The number of nitrogens with one attached hydrogen (secondary N) is 1. The fourth-order valence-electron chi connectivity index (χ4n) is 3.70. The van der Waals surface area contributed by atoms with Crippen LogP contribution >= 0.6 is 0 Å². The Balaban J connectivity index is 1.70. The van der Waals surface area contributed by atoms with Gasteiger partial charge in [-0.2, -0.15) is 0 Å². The molecular weight excluding hydrogens is 388 g/mol. The normalized spacial score (nSPS) is 18.8. The number of hydrogen-bond acceptors (Lipinski definition) is 5. The second-order valence-electron chi connectivity index (χ2n) is 7.56.